The molecule has 0 spiro atoms. The number of carbonyl (C=O) groups is 4. The zero-order chi connectivity index (χ0) is 26.5. The van der Waals surface area contributed by atoms with Crippen LogP contribution in [0.4, 0.5) is 0 Å². The number of carbonyl (C=O) groups excluding carboxylic acids is 3. The highest BCUT2D eigenvalue weighted by atomic mass is 32.2. The Hall–Kier alpha value is -2.60. The molecule has 0 aliphatic rings. The highest BCUT2D eigenvalue weighted by Gasteiger charge is 2.33. The Morgan fingerprint density at radius 3 is 2.17 bits per heavy atom. The van der Waals surface area contributed by atoms with Gasteiger partial charge in [-0.25, -0.2) is 9.78 Å². The molecule has 6 atom stereocenters. The van der Waals surface area contributed by atoms with Gasteiger partial charge in [0, 0.05) is 18.3 Å². The number of hydrogen-bond acceptors (Lipinski definition) is 7. The quantitative estimate of drug-likeness (QED) is 0.187. The molecule has 11 nitrogen and oxygen atoms in total. The van der Waals surface area contributed by atoms with Gasteiger partial charge in [-0.3, -0.25) is 14.4 Å². The number of H-pyrrole nitrogens is 1. The first kappa shape index (κ1) is 30.4. The number of thioether (sulfide) groups is 1. The third kappa shape index (κ3) is 9.88. The summed E-state index contributed by atoms with van der Waals surface area (Å²) >= 11 is 1.48. The Morgan fingerprint density at radius 2 is 1.66 bits per heavy atom. The molecule has 0 saturated carbocycles. The number of aromatic amines is 1. The summed E-state index contributed by atoms with van der Waals surface area (Å²) in [6, 6.07) is -3.84. The molecule has 1 aromatic heterocycles. The minimum atomic E-state index is -1.13. The van der Waals surface area contributed by atoms with E-state index in [4.69, 9.17) is 5.73 Å². The fraction of sp³-hybridized carbons (Fsp3) is 0.696. The van der Waals surface area contributed by atoms with E-state index in [9.17, 15) is 24.3 Å². The van der Waals surface area contributed by atoms with Crippen molar-refractivity contribution in [2.75, 3.05) is 12.0 Å². The minimum Gasteiger partial charge on any atom is -0.480 e. The van der Waals surface area contributed by atoms with E-state index in [1.165, 1.54) is 18.1 Å². The van der Waals surface area contributed by atoms with Crippen LogP contribution in [0, 0.1) is 11.8 Å². The van der Waals surface area contributed by atoms with E-state index in [0.717, 1.165) is 0 Å². The number of imidazole rings is 1. The van der Waals surface area contributed by atoms with E-state index in [1.807, 2.05) is 27.0 Å². The summed E-state index contributed by atoms with van der Waals surface area (Å²) in [5, 5.41) is 17.5. The van der Waals surface area contributed by atoms with Gasteiger partial charge in [-0.05, 0) is 30.3 Å². The summed E-state index contributed by atoms with van der Waals surface area (Å²) in [5.41, 5.74) is 6.67. The standard InChI is InChI=1S/C23H40N6O5S/c1-6-13(3)18(24)21(31)28-17(10-15-11-25-12-26-15)20(30)29-19(14(4)7-2)22(32)27-16(23(33)34)8-9-35-5/h11-14,16-19H,6-10,24H2,1-5H3,(H,25,26)(H,27,32)(H,28,31)(H,29,30)(H,33,34). The maximum absolute atomic E-state index is 13.3. The topological polar surface area (TPSA) is 179 Å². The highest BCUT2D eigenvalue weighted by molar-refractivity contribution is 7.98. The van der Waals surface area contributed by atoms with Crippen LogP contribution in [0.15, 0.2) is 12.5 Å². The maximum atomic E-state index is 13.3. The predicted molar refractivity (Wildman–Crippen MR) is 136 cm³/mol. The summed E-state index contributed by atoms with van der Waals surface area (Å²) in [7, 11) is 0. The summed E-state index contributed by atoms with van der Waals surface area (Å²) in [6.07, 6.45) is 6.50. The van der Waals surface area contributed by atoms with Gasteiger partial charge in [-0.2, -0.15) is 11.8 Å². The molecular weight excluding hydrogens is 472 g/mol. The molecule has 0 aliphatic heterocycles. The molecule has 1 aromatic rings. The van der Waals surface area contributed by atoms with Crippen LogP contribution in [0.25, 0.3) is 0 Å². The second-order valence-corrected chi connectivity index (χ2v) is 9.79. The molecule has 0 radical (unpaired) electrons. The first-order valence-electron chi connectivity index (χ1n) is 11.9. The van der Waals surface area contributed by atoms with E-state index >= 15 is 0 Å². The summed E-state index contributed by atoms with van der Waals surface area (Å²) < 4.78 is 0. The summed E-state index contributed by atoms with van der Waals surface area (Å²) in [5.74, 6) is -2.55. The molecule has 198 valence electrons. The highest BCUT2D eigenvalue weighted by Crippen LogP contribution is 2.12. The molecule has 0 bridgehead atoms. The number of aromatic nitrogens is 2. The van der Waals surface area contributed by atoms with Crippen molar-refractivity contribution in [1.29, 1.82) is 0 Å². The Balaban J connectivity index is 3.07. The molecule has 0 aliphatic carbocycles. The van der Waals surface area contributed by atoms with Gasteiger partial charge in [-0.15, -0.1) is 0 Å². The monoisotopic (exact) mass is 512 g/mol. The number of hydrogen-bond donors (Lipinski definition) is 6. The van der Waals surface area contributed by atoms with Gasteiger partial charge in [0.25, 0.3) is 0 Å². The molecule has 1 heterocycles. The van der Waals surface area contributed by atoms with Gasteiger partial charge in [0.05, 0.1) is 12.4 Å². The van der Waals surface area contributed by atoms with Crippen LogP contribution in [0.1, 0.15) is 52.7 Å². The Labute approximate surface area is 211 Å². The van der Waals surface area contributed by atoms with Crippen molar-refractivity contribution in [2.24, 2.45) is 17.6 Å². The number of nitrogens with two attached hydrogens (primary N) is 1. The first-order valence-corrected chi connectivity index (χ1v) is 13.3. The normalized spacial score (nSPS) is 16.3. The number of aliphatic carboxylic acids is 1. The average molecular weight is 513 g/mol. The smallest absolute Gasteiger partial charge is 0.326 e. The molecule has 7 N–H and O–H groups in total. The van der Waals surface area contributed by atoms with E-state index in [0.29, 0.717) is 24.3 Å². The zero-order valence-corrected chi connectivity index (χ0v) is 22.0. The molecule has 35 heavy (non-hydrogen) atoms. The molecule has 6 unspecified atom stereocenters. The lowest BCUT2D eigenvalue weighted by Crippen LogP contribution is -2.59. The Kier molecular flexibility index (Phi) is 13.4. The fourth-order valence-corrected chi connectivity index (χ4v) is 3.79. The molecule has 12 heteroatoms. The first-order chi connectivity index (χ1) is 16.5. The minimum absolute atomic E-state index is 0.0845. The van der Waals surface area contributed by atoms with Crippen LogP contribution in [-0.2, 0) is 25.6 Å². The SMILES string of the molecule is CCC(C)C(N)C(=O)NC(Cc1cnc[nH]1)C(=O)NC(C(=O)NC(CCSC)C(=O)O)C(C)CC. The van der Waals surface area contributed by atoms with Crippen LogP contribution in [0.5, 0.6) is 0 Å². The lowest BCUT2D eigenvalue weighted by molar-refractivity contribution is -0.142. The number of nitrogens with zero attached hydrogens (tertiary/aromatic N) is 1. The fourth-order valence-electron chi connectivity index (χ4n) is 3.32. The van der Waals surface area contributed by atoms with Gasteiger partial charge < -0.3 is 31.8 Å². The Morgan fingerprint density at radius 1 is 1.03 bits per heavy atom. The van der Waals surface area contributed by atoms with E-state index in [-0.39, 0.29) is 24.7 Å². The van der Waals surface area contributed by atoms with E-state index in [2.05, 4.69) is 25.9 Å². The van der Waals surface area contributed by atoms with Crippen molar-refractivity contribution < 1.29 is 24.3 Å². The van der Waals surface area contributed by atoms with Gasteiger partial charge in [0.15, 0.2) is 0 Å². The van der Waals surface area contributed by atoms with Crippen molar-refractivity contribution in [1.82, 2.24) is 25.9 Å². The molecule has 3 amide bonds. The summed E-state index contributed by atoms with van der Waals surface area (Å²) in [4.78, 5) is 57.5. The van der Waals surface area contributed by atoms with E-state index < -0.39 is 47.9 Å². The van der Waals surface area contributed by atoms with Crippen LogP contribution in [-0.4, -0.2) is 74.9 Å². The van der Waals surface area contributed by atoms with Crippen molar-refractivity contribution in [3.8, 4) is 0 Å². The average Bonchev–Trinajstić information content (AvgIpc) is 3.35. The third-order valence-electron chi connectivity index (χ3n) is 6.19. The molecule has 0 aromatic carbocycles. The molecular formula is C23H40N6O5S. The largest absolute Gasteiger partial charge is 0.480 e. The second kappa shape index (κ2) is 15.4. The lowest BCUT2D eigenvalue weighted by Gasteiger charge is -2.28. The van der Waals surface area contributed by atoms with Gasteiger partial charge in [-0.1, -0.05) is 40.5 Å². The van der Waals surface area contributed by atoms with Gasteiger partial charge >= 0.3 is 5.97 Å². The predicted octanol–water partition coefficient (Wildman–Crippen LogP) is 0.664. The van der Waals surface area contributed by atoms with Crippen molar-refractivity contribution >= 4 is 35.5 Å². The van der Waals surface area contributed by atoms with Crippen molar-refractivity contribution in [3.05, 3.63) is 18.2 Å². The number of carboxylic acid groups (broad SMARTS) is 1. The van der Waals surface area contributed by atoms with E-state index in [1.54, 1.807) is 13.1 Å². The zero-order valence-electron chi connectivity index (χ0n) is 21.2. The molecule has 0 saturated heterocycles. The number of rotatable bonds is 16. The van der Waals surface area contributed by atoms with Gasteiger partial charge in [0.2, 0.25) is 17.7 Å². The van der Waals surface area contributed by atoms with Crippen molar-refractivity contribution in [2.45, 2.75) is 77.5 Å². The molecule has 1 rings (SSSR count). The van der Waals surface area contributed by atoms with Crippen molar-refractivity contribution in [3.63, 3.8) is 0 Å². The number of carboxylic acids is 1. The Bertz CT molecular complexity index is 821. The number of nitrogens with one attached hydrogen (secondary N) is 4. The lowest BCUT2D eigenvalue weighted by atomic mass is 9.96. The maximum Gasteiger partial charge on any atom is 0.326 e. The second-order valence-electron chi connectivity index (χ2n) is 8.81. The number of amides is 3. The van der Waals surface area contributed by atoms with Crippen LogP contribution >= 0.6 is 11.8 Å². The van der Waals surface area contributed by atoms with Crippen LogP contribution in [0.2, 0.25) is 0 Å². The van der Waals surface area contributed by atoms with Gasteiger partial charge in [0.1, 0.15) is 18.1 Å². The molecule has 0 fully saturated rings. The summed E-state index contributed by atoms with van der Waals surface area (Å²) in [6.45, 7) is 7.44. The van der Waals surface area contributed by atoms with Crippen LogP contribution < -0.4 is 21.7 Å². The van der Waals surface area contributed by atoms with Crippen LogP contribution in [0.3, 0.4) is 0 Å². The third-order valence-corrected chi connectivity index (χ3v) is 6.83.